The van der Waals surface area contributed by atoms with Crippen molar-refractivity contribution in [3.05, 3.63) is 59.8 Å². The molecule has 9 nitrogen and oxygen atoms in total. The summed E-state index contributed by atoms with van der Waals surface area (Å²) in [4.78, 5) is 11.3. The van der Waals surface area contributed by atoms with E-state index < -0.39 is 10.0 Å². The van der Waals surface area contributed by atoms with E-state index in [9.17, 15) is 8.42 Å². The summed E-state index contributed by atoms with van der Waals surface area (Å²) < 4.78 is 38.7. The smallest absolute Gasteiger partial charge is 0.247 e. The maximum atomic E-state index is 13.3. The van der Waals surface area contributed by atoms with Gasteiger partial charge >= 0.3 is 0 Å². The summed E-state index contributed by atoms with van der Waals surface area (Å²) in [6.07, 6.45) is 0. The van der Waals surface area contributed by atoms with Crippen molar-refractivity contribution in [2.24, 2.45) is 0 Å². The lowest BCUT2D eigenvalue weighted by Crippen LogP contribution is -2.49. The van der Waals surface area contributed by atoms with Gasteiger partial charge in [-0.15, -0.1) is 0 Å². The Bertz CT molecular complexity index is 1260. The van der Waals surface area contributed by atoms with Gasteiger partial charge in [-0.1, -0.05) is 17.7 Å². The molecule has 180 valence electrons. The van der Waals surface area contributed by atoms with E-state index in [0.29, 0.717) is 43.6 Å². The van der Waals surface area contributed by atoms with Crippen LogP contribution in [0.15, 0.2) is 53.4 Å². The van der Waals surface area contributed by atoms with Crippen molar-refractivity contribution in [2.45, 2.75) is 18.7 Å². The highest BCUT2D eigenvalue weighted by molar-refractivity contribution is 7.89. The minimum atomic E-state index is -3.75. The van der Waals surface area contributed by atoms with Crippen molar-refractivity contribution < 1.29 is 17.9 Å². The molecule has 1 saturated heterocycles. The number of anilines is 3. The predicted octanol–water partition coefficient (Wildman–Crippen LogP) is 3.37. The van der Waals surface area contributed by atoms with Gasteiger partial charge in [0.25, 0.3) is 0 Å². The number of rotatable bonds is 7. The molecule has 1 aliphatic rings. The van der Waals surface area contributed by atoms with E-state index in [2.05, 4.69) is 20.2 Å². The lowest BCUT2D eigenvalue weighted by atomic mass is 10.2. The van der Waals surface area contributed by atoms with E-state index in [1.807, 2.05) is 44.2 Å². The Hall–Kier alpha value is -3.37. The highest BCUT2D eigenvalue weighted by Crippen LogP contribution is 2.31. The van der Waals surface area contributed by atoms with Gasteiger partial charge in [0.05, 0.1) is 14.2 Å². The molecule has 0 atom stereocenters. The van der Waals surface area contributed by atoms with Gasteiger partial charge in [0, 0.05) is 49.7 Å². The summed E-state index contributed by atoms with van der Waals surface area (Å²) in [6, 6.07) is 14.7. The van der Waals surface area contributed by atoms with Gasteiger partial charge in [0.2, 0.25) is 16.0 Å². The first-order valence-electron chi connectivity index (χ1n) is 11.0. The summed E-state index contributed by atoms with van der Waals surface area (Å²) in [6.45, 7) is 5.62. The molecular formula is C24H29N5O4S. The molecule has 0 amide bonds. The van der Waals surface area contributed by atoms with Crippen LogP contribution in [0.5, 0.6) is 11.5 Å². The Morgan fingerprint density at radius 3 is 2.24 bits per heavy atom. The molecule has 10 heteroatoms. The van der Waals surface area contributed by atoms with E-state index in [0.717, 1.165) is 17.2 Å². The summed E-state index contributed by atoms with van der Waals surface area (Å²) in [5, 5.41) is 3.25. The van der Waals surface area contributed by atoms with Crippen molar-refractivity contribution in [2.75, 3.05) is 50.6 Å². The highest BCUT2D eigenvalue weighted by atomic mass is 32.2. The van der Waals surface area contributed by atoms with Gasteiger partial charge in [-0.2, -0.15) is 9.29 Å². The third kappa shape index (κ3) is 5.07. The number of aromatic nitrogens is 2. The second-order valence-corrected chi connectivity index (χ2v) is 10.00. The van der Waals surface area contributed by atoms with Crippen molar-refractivity contribution in [3.8, 4) is 11.5 Å². The molecule has 0 aliphatic carbocycles. The summed E-state index contributed by atoms with van der Waals surface area (Å²) >= 11 is 0. The maximum Gasteiger partial charge on any atom is 0.247 e. The number of hydrogen-bond acceptors (Lipinski definition) is 8. The van der Waals surface area contributed by atoms with Gasteiger partial charge in [-0.3, -0.25) is 0 Å². The molecule has 0 spiro atoms. The lowest BCUT2D eigenvalue weighted by molar-refractivity contribution is 0.370. The van der Waals surface area contributed by atoms with Gasteiger partial charge in [0.15, 0.2) is 0 Å². The highest BCUT2D eigenvalue weighted by Gasteiger charge is 2.31. The largest absolute Gasteiger partial charge is 0.497 e. The maximum absolute atomic E-state index is 13.3. The first kappa shape index (κ1) is 23.8. The molecule has 0 saturated carbocycles. The van der Waals surface area contributed by atoms with E-state index in [1.165, 1.54) is 30.2 Å². The summed E-state index contributed by atoms with van der Waals surface area (Å²) in [5.74, 6) is 2.03. The van der Waals surface area contributed by atoms with Crippen LogP contribution in [0.4, 0.5) is 17.5 Å². The molecule has 2 aromatic carbocycles. The third-order valence-electron chi connectivity index (χ3n) is 5.70. The monoisotopic (exact) mass is 483 g/mol. The number of nitrogens with one attached hydrogen (secondary N) is 1. The quantitative estimate of drug-likeness (QED) is 0.546. The second kappa shape index (κ2) is 9.86. The Morgan fingerprint density at radius 1 is 0.882 bits per heavy atom. The van der Waals surface area contributed by atoms with Gasteiger partial charge in [-0.25, -0.2) is 13.4 Å². The summed E-state index contributed by atoms with van der Waals surface area (Å²) in [7, 11) is -0.788. The molecule has 1 fully saturated rings. The Labute approximate surface area is 200 Å². The van der Waals surface area contributed by atoms with Gasteiger partial charge in [0.1, 0.15) is 22.2 Å². The normalized spacial score (nSPS) is 14.6. The average Bonchev–Trinajstić information content (AvgIpc) is 2.84. The Kier molecular flexibility index (Phi) is 6.90. The number of benzene rings is 2. The fourth-order valence-electron chi connectivity index (χ4n) is 3.82. The number of aryl methyl sites for hydroxylation is 2. The molecule has 0 unspecified atom stereocenters. The van der Waals surface area contributed by atoms with E-state index in [4.69, 9.17) is 9.47 Å². The number of hydrogen-bond donors (Lipinski definition) is 1. The van der Waals surface area contributed by atoms with Crippen LogP contribution in [0.2, 0.25) is 0 Å². The van der Waals surface area contributed by atoms with Crippen LogP contribution in [0, 0.1) is 13.8 Å². The molecule has 4 rings (SSSR count). The first-order chi connectivity index (χ1) is 16.3. The van der Waals surface area contributed by atoms with Crippen molar-refractivity contribution in [3.63, 3.8) is 0 Å². The minimum absolute atomic E-state index is 0.102. The molecule has 1 aliphatic heterocycles. The number of methoxy groups -OCH3 is 2. The zero-order valence-corrected chi connectivity index (χ0v) is 20.6. The van der Waals surface area contributed by atoms with Crippen molar-refractivity contribution in [1.82, 2.24) is 14.3 Å². The third-order valence-corrected chi connectivity index (χ3v) is 7.62. The molecule has 2 heterocycles. The van der Waals surface area contributed by atoms with Crippen molar-refractivity contribution in [1.29, 1.82) is 0 Å². The molecular weight excluding hydrogens is 454 g/mol. The first-order valence-corrected chi connectivity index (χ1v) is 12.4. The Balaban J connectivity index is 1.50. The van der Waals surface area contributed by atoms with Gasteiger partial charge < -0.3 is 19.7 Å². The molecule has 3 aromatic rings. The van der Waals surface area contributed by atoms with Crippen LogP contribution in [0.25, 0.3) is 0 Å². The fourth-order valence-corrected chi connectivity index (χ4v) is 5.41. The molecule has 1 aromatic heterocycles. The zero-order chi connectivity index (χ0) is 24.3. The number of piperazine rings is 1. The zero-order valence-electron chi connectivity index (χ0n) is 19.8. The molecule has 0 bridgehead atoms. The predicted molar refractivity (Wildman–Crippen MR) is 132 cm³/mol. The lowest BCUT2D eigenvalue weighted by Gasteiger charge is -2.35. The van der Waals surface area contributed by atoms with Crippen LogP contribution in [-0.4, -0.2) is 63.1 Å². The SMILES string of the molecule is COc1ccc(OC)c(S(=O)(=O)N2CCN(c3cc(C)nc(Nc4ccc(C)cc4)n3)CC2)c1. The van der Waals surface area contributed by atoms with Crippen LogP contribution in [0.1, 0.15) is 11.3 Å². The van der Waals surface area contributed by atoms with Crippen LogP contribution in [0.3, 0.4) is 0 Å². The minimum Gasteiger partial charge on any atom is -0.497 e. The van der Waals surface area contributed by atoms with Gasteiger partial charge in [-0.05, 0) is 38.1 Å². The fraction of sp³-hybridized carbons (Fsp3) is 0.333. The molecule has 0 radical (unpaired) electrons. The van der Waals surface area contributed by atoms with E-state index in [1.54, 1.807) is 12.1 Å². The van der Waals surface area contributed by atoms with Crippen molar-refractivity contribution >= 4 is 27.5 Å². The summed E-state index contributed by atoms with van der Waals surface area (Å²) in [5.41, 5.74) is 2.91. The second-order valence-electron chi connectivity index (χ2n) is 8.09. The van der Waals surface area contributed by atoms with E-state index in [-0.39, 0.29) is 4.90 Å². The van der Waals surface area contributed by atoms with Crippen LogP contribution >= 0.6 is 0 Å². The number of ether oxygens (including phenoxy) is 2. The molecule has 34 heavy (non-hydrogen) atoms. The van der Waals surface area contributed by atoms with Crippen LogP contribution < -0.4 is 19.7 Å². The number of sulfonamides is 1. The Morgan fingerprint density at radius 2 is 1.59 bits per heavy atom. The average molecular weight is 484 g/mol. The standard InChI is InChI=1S/C24H29N5O4S/c1-17-5-7-19(8-6-17)26-24-25-18(2)15-23(27-24)28-11-13-29(14-12-28)34(30,31)22-16-20(32-3)9-10-21(22)33-4/h5-10,15-16H,11-14H2,1-4H3,(H,25,26,27). The molecule has 1 N–H and O–H groups in total. The van der Waals surface area contributed by atoms with Crippen LogP contribution in [-0.2, 0) is 10.0 Å². The number of nitrogens with zero attached hydrogens (tertiary/aromatic N) is 4. The topological polar surface area (TPSA) is 96.9 Å². The van der Waals surface area contributed by atoms with E-state index >= 15 is 0 Å².